The summed E-state index contributed by atoms with van der Waals surface area (Å²) in [4.78, 5) is 12.4. The van der Waals surface area contributed by atoms with Crippen molar-refractivity contribution in [2.24, 2.45) is 16.7 Å². The molecular weight excluding hydrogens is 236 g/mol. The average Bonchev–Trinajstić information content (AvgIpc) is 3.14. The molecule has 19 heavy (non-hydrogen) atoms. The fraction of sp³-hybridized carbons (Fsp3) is 0.588. The van der Waals surface area contributed by atoms with E-state index in [-0.39, 0.29) is 5.41 Å². The van der Waals surface area contributed by atoms with Gasteiger partial charge in [-0.1, -0.05) is 30.3 Å². The Kier molecular flexibility index (Phi) is 2.41. The van der Waals surface area contributed by atoms with Crippen LogP contribution in [0.25, 0.3) is 0 Å². The van der Waals surface area contributed by atoms with Gasteiger partial charge in [0.25, 0.3) is 0 Å². The highest BCUT2D eigenvalue weighted by Gasteiger charge is 2.73. The maximum Gasteiger partial charge on any atom is 0.142 e. The van der Waals surface area contributed by atoms with Gasteiger partial charge in [-0.2, -0.15) is 0 Å². The van der Waals surface area contributed by atoms with Crippen molar-refractivity contribution in [1.29, 1.82) is 0 Å². The van der Waals surface area contributed by atoms with Crippen LogP contribution < -0.4 is 0 Å². The molecule has 3 saturated carbocycles. The highest BCUT2D eigenvalue weighted by molar-refractivity contribution is 5.90. The van der Waals surface area contributed by atoms with Crippen LogP contribution in [0.3, 0.4) is 0 Å². The van der Waals surface area contributed by atoms with Gasteiger partial charge in [-0.25, -0.2) is 0 Å². The highest BCUT2D eigenvalue weighted by Crippen LogP contribution is 2.75. The molecule has 100 valence electrons. The predicted molar refractivity (Wildman–Crippen MR) is 72.5 cm³/mol. The topological polar surface area (TPSA) is 26.3 Å². The number of benzene rings is 1. The van der Waals surface area contributed by atoms with Crippen LogP contribution in [0.5, 0.6) is 0 Å². The Morgan fingerprint density at radius 3 is 2.63 bits per heavy atom. The molecule has 1 spiro atoms. The zero-order valence-corrected chi connectivity index (χ0v) is 11.2. The van der Waals surface area contributed by atoms with Crippen LogP contribution in [-0.2, 0) is 16.1 Å². The fourth-order valence-corrected chi connectivity index (χ4v) is 4.71. The summed E-state index contributed by atoms with van der Waals surface area (Å²) in [6.45, 7) is 1.29. The molecule has 3 aliphatic rings. The van der Waals surface area contributed by atoms with Crippen LogP contribution in [0.4, 0.5) is 0 Å². The molecule has 0 saturated heterocycles. The zero-order valence-electron chi connectivity index (χ0n) is 11.2. The molecule has 3 aliphatic carbocycles. The van der Waals surface area contributed by atoms with Gasteiger partial charge in [0.05, 0.1) is 18.6 Å². The number of rotatable bonds is 4. The zero-order chi connectivity index (χ0) is 12.9. The Morgan fingerprint density at radius 2 is 1.95 bits per heavy atom. The summed E-state index contributed by atoms with van der Waals surface area (Å²) in [6, 6.07) is 10.2. The lowest BCUT2D eigenvalue weighted by atomic mass is 9.76. The smallest absolute Gasteiger partial charge is 0.142 e. The van der Waals surface area contributed by atoms with Crippen LogP contribution in [0, 0.1) is 16.7 Å². The first-order valence-electron chi connectivity index (χ1n) is 7.42. The Balaban J connectivity index is 1.46. The third-order valence-corrected chi connectivity index (χ3v) is 5.87. The Hall–Kier alpha value is -1.15. The molecule has 0 aliphatic heterocycles. The molecule has 2 atom stereocenters. The minimum Gasteiger partial charge on any atom is -0.376 e. The lowest BCUT2D eigenvalue weighted by Crippen LogP contribution is -2.36. The van der Waals surface area contributed by atoms with E-state index in [1.807, 2.05) is 18.2 Å². The van der Waals surface area contributed by atoms with Crippen LogP contribution >= 0.6 is 0 Å². The van der Waals surface area contributed by atoms with E-state index in [1.54, 1.807) is 0 Å². The minimum absolute atomic E-state index is 0.105. The number of carbonyl (C=O) groups is 1. The molecule has 0 unspecified atom stereocenters. The first-order valence-corrected chi connectivity index (χ1v) is 7.42. The monoisotopic (exact) mass is 256 g/mol. The van der Waals surface area contributed by atoms with Crippen molar-refractivity contribution in [3.05, 3.63) is 35.9 Å². The van der Waals surface area contributed by atoms with Crippen molar-refractivity contribution in [2.75, 3.05) is 6.61 Å². The van der Waals surface area contributed by atoms with Gasteiger partial charge in [0.1, 0.15) is 5.78 Å². The molecule has 3 fully saturated rings. The van der Waals surface area contributed by atoms with E-state index in [0.29, 0.717) is 30.3 Å². The minimum atomic E-state index is -0.105. The summed E-state index contributed by atoms with van der Waals surface area (Å²) in [5.74, 6) is 1.18. The van der Waals surface area contributed by atoms with Crippen LogP contribution in [-0.4, -0.2) is 12.4 Å². The lowest BCUT2D eigenvalue weighted by Gasteiger charge is -2.30. The van der Waals surface area contributed by atoms with Gasteiger partial charge >= 0.3 is 0 Å². The lowest BCUT2D eigenvalue weighted by molar-refractivity contribution is -0.132. The summed E-state index contributed by atoms with van der Waals surface area (Å²) in [5, 5.41) is 0. The molecule has 0 aromatic heterocycles. The maximum absolute atomic E-state index is 12.4. The van der Waals surface area contributed by atoms with Gasteiger partial charge < -0.3 is 4.74 Å². The molecule has 2 bridgehead atoms. The molecule has 2 heteroatoms. The van der Waals surface area contributed by atoms with Crippen LogP contribution in [0.1, 0.15) is 37.7 Å². The average molecular weight is 256 g/mol. The number of ketones is 1. The van der Waals surface area contributed by atoms with E-state index in [9.17, 15) is 4.79 Å². The maximum atomic E-state index is 12.4. The summed E-state index contributed by atoms with van der Waals surface area (Å²) in [6.07, 6.45) is 5.68. The van der Waals surface area contributed by atoms with Crippen molar-refractivity contribution >= 4 is 5.78 Å². The fourth-order valence-electron chi connectivity index (χ4n) is 4.71. The Bertz CT molecular complexity index is 503. The largest absolute Gasteiger partial charge is 0.376 e. The molecule has 1 aromatic carbocycles. The van der Waals surface area contributed by atoms with Gasteiger partial charge in [-0.05, 0) is 42.6 Å². The summed E-state index contributed by atoms with van der Waals surface area (Å²) < 4.78 is 5.95. The molecule has 1 aromatic rings. The quantitative estimate of drug-likeness (QED) is 0.825. The summed E-state index contributed by atoms with van der Waals surface area (Å²) >= 11 is 0. The van der Waals surface area contributed by atoms with E-state index < -0.39 is 0 Å². The van der Waals surface area contributed by atoms with Gasteiger partial charge in [-0.15, -0.1) is 0 Å². The van der Waals surface area contributed by atoms with Crippen LogP contribution in [0.2, 0.25) is 0 Å². The molecule has 4 rings (SSSR count). The predicted octanol–water partition coefficient (Wildman–Crippen LogP) is 3.35. The second-order valence-corrected chi connectivity index (χ2v) is 6.58. The van der Waals surface area contributed by atoms with Gasteiger partial charge in [0, 0.05) is 6.42 Å². The van der Waals surface area contributed by atoms with E-state index in [0.717, 1.165) is 12.8 Å². The second-order valence-electron chi connectivity index (χ2n) is 6.58. The molecule has 0 N–H and O–H groups in total. The molecule has 2 nitrogen and oxygen atoms in total. The second kappa shape index (κ2) is 3.92. The summed E-state index contributed by atoms with van der Waals surface area (Å²) in [7, 11) is 0. The van der Waals surface area contributed by atoms with Gasteiger partial charge in [-0.3, -0.25) is 4.79 Å². The Labute approximate surface area is 114 Å². The van der Waals surface area contributed by atoms with Gasteiger partial charge in [0.15, 0.2) is 0 Å². The standard InChI is InChI=1S/C17H20O2/c18-15-10-14-6-7-17(15,16(14)8-9-16)12-19-11-13-4-2-1-3-5-13/h1-5,14H,6-12H2/t14-,17-/m1/s1. The molecule has 0 heterocycles. The molecule has 0 radical (unpaired) electrons. The molecular formula is C17H20O2. The van der Waals surface area contributed by atoms with E-state index in [4.69, 9.17) is 4.74 Å². The van der Waals surface area contributed by atoms with E-state index in [2.05, 4.69) is 12.1 Å². The van der Waals surface area contributed by atoms with Gasteiger partial charge in [0.2, 0.25) is 0 Å². The highest BCUT2D eigenvalue weighted by atomic mass is 16.5. The number of hydrogen-bond acceptors (Lipinski definition) is 2. The normalized spacial score (nSPS) is 34.1. The number of hydrogen-bond donors (Lipinski definition) is 0. The van der Waals surface area contributed by atoms with Crippen LogP contribution in [0.15, 0.2) is 30.3 Å². The number of ether oxygens (including phenoxy) is 1. The van der Waals surface area contributed by atoms with Crippen molar-refractivity contribution in [1.82, 2.24) is 0 Å². The van der Waals surface area contributed by atoms with Crippen molar-refractivity contribution in [2.45, 2.75) is 38.7 Å². The van der Waals surface area contributed by atoms with Crippen molar-refractivity contribution in [3.63, 3.8) is 0 Å². The summed E-state index contributed by atoms with van der Waals surface area (Å²) in [5.41, 5.74) is 1.46. The first kappa shape index (κ1) is 11.7. The van der Waals surface area contributed by atoms with E-state index in [1.165, 1.54) is 24.8 Å². The third kappa shape index (κ3) is 1.50. The third-order valence-electron chi connectivity index (χ3n) is 5.87. The Morgan fingerprint density at radius 1 is 1.16 bits per heavy atom. The molecule has 0 amide bonds. The van der Waals surface area contributed by atoms with Crippen molar-refractivity contribution in [3.8, 4) is 0 Å². The van der Waals surface area contributed by atoms with E-state index >= 15 is 0 Å². The van der Waals surface area contributed by atoms with Crippen molar-refractivity contribution < 1.29 is 9.53 Å². The number of carbonyl (C=O) groups excluding carboxylic acids is 1. The first-order chi connectivity index (χ1) is 9.27. The SMILES string of the molecule is O=C1C[C@H]2CC[C@]1(COCc1ccccc1)C21CC1. The number of Topliss-reactive ketones (excluding diaryl/α,β-unsaturated/α-hetero) is 1.